The van der Waals surface area contributed by atoms with Crippen LogP contribution in [0.1, 0.15) is 63.9 Å². The second kappa shape index (κ2) is 15.2. The van der Waals surface area contributed by atoms with Gasteiger partial charge in [-0.3, -0.25) is 14.9 Å². The number of ether oxygens (including phenoxy) is 3. The van der Waals surface area contributed by atoms with E-state index >= 15 is 0 Å². The molecule has 0 atom stereocenters. The molecule has 2 aromatic rings. The van der Waals surface area contributed by atoms with Crippen molar-refractivity contribution in [3.63, 3.8) is 0 Å². The first kappa shape index (κ1) is 26.6. The van der Waals surface area contributed by atoms with Gasteiger partial charge in [-0.15, -0.1) is 0 Å². The lowest BCUT2D eigenvalue weighted by Crippen LogP contribution is -2.11. The molecule has 0 aromatic heterocycles. The fourth-order valence-corrected chi connectivity index (χ4v) is 3.13. The third-order valence-corrected chi connectivity index (χ3v) is 4.98. The summed E-state index contributed by atoms with van der Waals surface area (Å²) >= 11 is 0. The van der Waals surface area contributed by atoms with E-state index in [9.17, 15) is 19.7 Å². The van der Waals surface area contributed by atoms with Crippen LogP contribution in [0.4, 0.5) is 10.5 Å². The van der Waals surface area contributed by atoms with Crippen molar-refractivity contribution in [1.82, 2.24) is 0 Å². The summed E-state index contributed by atoms with van der Waals surface area (Å²) in [6, 6.07) is 14.5. The van der Waals surface area contributed by atoms with E-state index in [1.54, 1.807) is 0 Å². The Morgan fingerprint density at radius 1 is 0.941 bits per heavy atom. The average molecular weight is 470 g/mol. The van der Waals surface area contributed by atoms with E-state index in [0.717, 1.165) is 37.7 Å². The lowest BCUT2D eigenvalue weighted by molar-refractivity contribution is -0.384. The predicted octanol–water partition coefficient (Wildman–Crippen LogP) is 6.88. The Labute approximate surface area is 199 Å². The van der Waals surface area contributed by atoms with Gasteiger partial charge < -0.3 is 14.2 Å². The van der Waals surface area contributed by atoms with Crippen LogP contribution in [-0.4, -0.2) is 17.0 Å². The van der Waals surface area contributed by atoms with E-state index in [4.69, 9.17) is 14.2 Å². The van der Waals surface area contributed by atoms with E-state index in [1.165, 1.54) is 36.8 Å². The Hall–Kier alpha value is -3.68. The Morgan fingerprint density at radius 3 is 2.29 bits per heavy atom. The van der Waals surface area contributed by atoms with Crippen LogP contribution in [0.15, 0.2) is 66.4 Å². The van der Waals surface area contributed by atoms with Crippen LogP contribution in [0.3, 0.4) is 0 Å². The topological polar surface area (TPSA) is 105 Å². The molecule has 0 aliphatic rings. The maximum Gasteiger partial charge on any atom is 0.519 e. The molecule has 0 bridgehead atoms. The number of esters is 1. The largest absolute Gasteiger partial charge is 0.519 e. The number of nitrogens with zero attached hydrogens (tertiary/aromatic N) is 1. The van der Waals surface area contributed by atoms with Gasteiger partial charge in [0.1, 0.15) is 18.1 Å². The Kier molecular flexibility index (Phi) is 11.9. The van der Waals surface area contributed by atoms with Crippen molar-refractivity contribution in [2.75, 3.05) is 0 Å². The number of allylic oxidation sites excluding steroid dienone is 1. The first-order chi connectivity index (χ1) is 16.5. The summed E-state index contributed by atoms with van der Waals surface area (Å²) in [6.45, 7) is 2.32. The molecule has 0 amide bonds. The molecule has 0 spiro atoms. The molecule has 8 heteroatoms. The maximum absolute atomic E-state index is 12.2. The van der Waals surface area contributed by atoms with Gasteiger partial charge in [0.15, 0.2) is 0 Å². The number of carbonyl (C=O) groups is 2. The molecule has 8 nitrogen and oxygen atoms in total. The van der Waals surface area contributed by atoms with Crippen LogP contribution in [0.25, 0.3) is 0 Å². The van der Waals surface area contributed by atoms with E-state index < -0.39 is 17.0 Å². The molecule has 182 valence electrons. The van der Waals surface area contributed by atoms with Gasteiger partial charge in [0.05, 0.1) is 11.3 Å². The molecule has 0 fully saturated rings. The maximum atomic E-state index is 12.2. The highest BCUT2D eigenvalue weighted by molar-refractivity contribution is 5.71. The summed E-state index contributed by atoms with van der Waals surface area (Å²) in [5.74, 6) is 0.0208. The number of unbranched alkanes of at least 4 members (excludes halogenated alkanes) is 5. The first-order valence-electron chi connectivity index (χ1n) is 11.5. The predicted molar refractivity (Wildman–Crippen MR) is 127 cm³/mol. The SMILES string of the molecule is CCCCCCCC/C(=C\CC(=O)OCc1ccccc1)OC(=O)Oc1ccc([N+](=O)[O-])cc1. The molecule has 0 saturated heterocycles. The van der Waals surface area contributed by atoms with Crippen LogP contribution in [0.5, 0.6) is 5.75 Å². The number of hydrogen-bond acceptors (Lipinski definition) is 7. The zero-order valence-corrected chi connectivity index (χ0v) is 19.4. The molecular formula is C26H31NO7. The molecule has 2 rings (SSSR count). The number of rotatable bonds is 14. The number of benzene rings is 2. The summed E-state index contributed by atoms with van der Waals surface area (Å²) in [7, 11) is 0. The molecule has 0 aliphatic carbocycles. The fraction of sp³-hybridized carbons (Fsp3) is 0.385. The highest BCUT2D eigenvalue weighted by Crippen LogP contribution is 2.19. The Morgan fingerprint density at radius 2 is 1.62 bits per heavy atom. The normalized spacial score (nSPS) is 11.0. The van der Waals surface area contributed by atoms with E-state index in [2.05, 4.69) is 6.92 Å². The fourth-order valence-electron chi connectivity index (χ4n) is 3.13. The average Bonchev–Trinajstić information content (AvgIpc) is 2.84. The minimum Gasteiger partial charge on any atom is -0.461 e. The van der Waals surface area contributed by atoms with Gasteiger partial charge in [0, 0.05) is 18.6 Å². The quantitative estimate of drug-likeness (QED) is 0.0741. The van der Waals surface area contributed by atoms with Gasteiger partial charge in [0.25, 0.3) is 5.69 Å². The molecule has 0 N–H and O–H groups in total. The van der Waals surface area contributed by atoms with Crippen molar-refractivity contribution in [3.05, 3.63) is 82.1 Å². The number of nitro benzene ring substituents is 1. The summed E-state index contributed by atoms with van der Waals surface area (Å²) in [6.07, 6.45) is 7.39. The molecule has 34 heavy (non-hydrogen) atoms. The van der Waals surface area contributed by atoms with Crippen molar-refractivity contribution in [2.24, 2.45) is 0 Å². The Bertz CT molecular complexity index is 939. The van der Waals surface area contributed by atoms with E-state index in [-0.39, 0.29) is 24.5 Å². The van der Waals surface area contributed by atoms with Crippen molar-refractivity contribution in [3.8, 4) is 5.75 Å². The van der Waals surface area contributed by atoms with Gasteiger partial charge in [-0.2, -0.15) is 0 Å². The van der Waals surface area contributed by atoms with Gasteiger partial charge in [-0.05, 0) is 30.2 Å². The lowest BCUT2D eigenvalue weighted by atomic mass is 10.1. The number of carbonyl (C=O) groups excluding carboxylic acids is 2. The standard InChI is InChI=1S/C26H31NO7/c1-2-3-4-5-6-10-13-23(18-19-25(28)32-20-21-11-8-7-9-12-21)33-26(29)34-24-16-14-22(15-17-24)27(30)31/h7-9,11-12,14-18H,2-6,10,13,19-20H2,1H3/b23-18+. The van der Waals surface area contributed by atoms with Crippen molar-refractivity contribution in [1.29, 1.82) is 0 Å². The van der Waals surface area contributed by atoms with Crippen molar-refractivity contribution in [2.45, 2.75) is 64.9 Å². The zero-order valence-electron chi connectivity index (χ0n) is 19.4. The highest BCUT2D eigenvalue weighted by atomic mass is 16.7. The Balaban J connectivity index is 1.90. The summed E-state index contributed by atoms with van der Waals surface area (Å²) < 4.78 is 15.7. The van der Waals surface area contributed by atoms with E-state index in [0.29, 0.717) is 12.2 Å². The van der Waals surface area contributed by atoms with Crippen LogP contribution in [-0.2, 0) is 20.9 Å². The number of non-ortho nitro benzene ring substituents is 1. The second-order valence-electron chi connectivity index (χ2n) is 7.74. The molecule has 0 heterocycles. The molecule has 0 unspecified atom stereocenters. The summed E-state index contributed by atoms with van der Waals surface area (Å²) in [4.78, 5) is 34.6. The lowest BCUT2D eigenvalue weighted by Gasteiger charge is -2.10. The van der Waals surface area contributed by atoms with Crippen LogP contribution in [0, 0.1) is 10.1 Å². The monoisotopic (exact) mass is 469 g/mol. The van der Waals surface area contributed by atoms with Crippen LogP contribution in [0.2, 0.25) is 0 Å². The molecule has 0 aliphatic heterocycles. The van der Waals surface area contributed by atoms with Gasteiger partial charge in [0.2, 0.25) is 0 Å². The van der Waals surface area contributed by atoms with Crippen LogP contribution >= 0.6 is 0 Å². The minimum absolute atomic E-state index is 0.0389. The summed E-state index contributed by atoms with van der Waals surface area (Å²) in [5, 5.41) is 10.7. The van der Waals surface area contributed by atoms with Gasteiger partial charge in [-0.25, -0.2) is 4.79 Å². The minimum atomic E-state index is -0.969. The van der Waals surface area contributed by atoms with Gasteiger partial charge in [-0.1, -0.05) is 69.4 Å². The van der Waals surface area contributed by atoms with Crippen molar-refractivity contribution < 1.29 is 28.7 Å². The molecule has 0 saturated carbocycles. The second-order valence-corrected chi connectivity index (χ2v) is 7.74. The van der Waals surface area contributed by atoms with Gasteiger partial charge >= 0.3 is 12.1 Å². The number of hydrogen-bond donors (Lipinski definition) is 0. The summed E-state index contributed by atoms with van der Waals surface area (Å²) in [5.41, 5.74) is 0.772. The van der Waals surface area contributed by atoms with E-state index in [1.807, 2.05) is 30.3 Å². The number of nitro groups is 1. The highest BCUT2D eigenvalue weighted by Gasteiger charge is 2.13. The molecule has 2 aromatic carbocycles. The first-order valence-corrected chi connectivity index (χ1v) is 11.5. The smallest absolute Gasteiger partial charge is 0.461 e. The molecule has 0 radical (unpaired) electrons. The zero-order chi connectivity index (χ0) is 24.6. The third kappa shape index (κ3) is 10.8. The van der Waals surface area contributed by atoms with Crippen LogP contribution < -0.4 is 4.74 Å². The molecular weight excluding hydrogens is 438 g/mol. The third-order valence-electron chi connectivity index (χ3n) is 4.98. The van der Waals surface area contributed by atoms with Crippen molar-refractivity contribution >= 4 is 17.8 Å².